The smallest absolute Gasteiger partial charge is 0.260 e. The maximum Gasteiger partial charge on any atom is 0.260 e. The number of fused-ring (bicyclic) bond motifs is 1. The first kappa shape index (κ1) is 18.3. The molecule has 0 saturated carbocycles. The zero-order valence-corrected chi connectivity index (χ0v) is 16.1. The van der Waals surface area contributed by atoms with Gasteiger partial charge in [0.15, 0.2) is 0 Å². The van der Waals surface area contributed by atoms with Gasteiger partial charge in [0.1, 0.15) is 0 Å². The molecule has 1 fully saturated rings. The number of aryl methyl sites for hydroxylation is 1. The largest absolute Gasteiger partial charge is 0.336 e. The third kappa shape index (κ3) is 3.53. The van der Waals surface area contributed by atoms with Gasteiger partial charge in [-0.3, -0.25) is 19.6 Å². The third-order valence-corrected chi connectivity index (χ3v) is 5.24. The van der Waals surface area contributed by atoms with Gasteiger partial charge in [-0.2, -0.15) is 0 Å². The fourth-order valence-corrected chi connectivity index (χ4v) is 3.51. The molecule has 1 aliphatic rings. The minimum Gasteiger partial charge on any atom is -0.336 e. The van der Waals surface area contributed by atoms with Crippen LogP contribution in [-0.4, -0.2) is 63.5 Å². The van der Waals surface area contributed by atoms with E-state index < -0.39 is 0 Å². The molecule has 4 heterocycles. The van der Waals surface area contributed by atoms with Crippen LogP contribution in [0.4, 0.5) is 0 Å². The van der Waals surface area contributed by atoms with Crippen molar-refractivity contribution in [2.75, 3.05) is 33.2 Å². The molecule has 0 unspecified atom stereocenters. The van der Waals surface area contributed by atoms with Gasteiger partial charge >= 0.3 is 0 Å². The molecule has 0 spiro atoms. The van der Waals surface area contributed by atoms with E-state index in [4.69, 9.17) is 0 Å². The Morgan fingerprint density at radius 3 is 2.68 bits per heavy atom. The Labute approximate surface area is 163 Å². The van der Waals surface area contributed by atoms with Crippen molar-refractivity contribution in [1.82, 2.24) is 24.3 Å². The number of likely N-dealkylation sites (N-methyl/N-ethyl adjacent to an activating group) is 1. The number of nitrogens with zero attached hydrogens (tertiary/aromatic N) is 5. The Balaban J connectivity index is 1.70. The summed E-state index contributed by atoms with van der Waals surface area (Å²) in [5, 5.41) is 0.467. The second-order valence-corrected chi connectivity index (χ2v) is 7.26. The molecule has 0 aliphatic carbocycles. The first-order valence-electron chi connectivity index (χ1n) is 9.40. The molecule has 0 bridgehead atoms. The van der Waals surface area contributed by atoms with Gasteiger partial charge in [0.2, 0.25) is 0 Å². The first-order valence-corrected chi connectivity index (χ1v) is 9.40. The van der Waals surface area contributed by atoms with Gasteiger partial charge in [0, 0.05) is 44.8 Å². The monoisotopic (exact) mass is 377 g/mol. The van der Waals surface area contributed by atoms with E-state index in [9.17, 15) is 9.59 Å². The van der Waals surface area contributed by atoms with E-state index in [-0.39, 0.29) is 11.5 Å². The standard InChI is InChI=1S/C21H23N5O2/c1-15-17(20(27)25-10-8-24(2)9-11-25)12-18-19(23-15)5-7-26(21(18)28)14-16-4-3-6-22-13-16/h3-7,12-13H,8-11,14H2,1-2H3. The molecule has 4 rings (SSSR count). The second-order valence-electron chi connectivity index (χ2n) is 7.26. The lowest BCUT2D eigenvalue weighted by Gasteiger charge is -2.32. The number of pyridine rings is 3. The van der Waals surface area contributed by atoms with E-state index in [1.165, 1.54) is 0 Å². The van der Waals surface area contributed by atoms with Crippen LogP contribution in [0.5, 0.6) is 0 Å². The molecule has 0 radical (unpaired) electrons. The molecule has 0 N–H and O–H groups in total. The van der Waals surface area contributed by atoms with E-state index in [0.29, 0.717) is 41.8 Å². The zero-order chi connectivity index (χ0) is 19.7. The van der Waals surface area contributed by atoms with E-state index in [1.807, 2.05) is 30.0 Å². The van der Waals surface area contributed by atoms with Crippen LogP contribution >= 0.6 is 0 Å². The minimum absolute atomic E-state index is 0.0536. The minimum atomic E-state index is -0.152. The summed E-state index contributed by atoms with van der Waals surface area (Å²) >= 11 is 0. The SMILES string of the molecule is Cc1nc2ccn(Cc3cccnc3)c(=O)c2cc1C(=O)N1CCN(C)CC1. The number of rotatable bonds is 3. The Kier molecular flexibility index (Phi) is 4.92. The molecular formula is C21H23N5O2. The average Bonchev–Trinajstić information content (AvgIpc) is 2.71. The van der Waals surface area contributed by atoms with Crippen LogP contribution in [0.15, 0.2) is 47.7 Å². The number of hydrogen-bond donors (Lipinski definition) is 0. The van der Waals surface area contributed by atoms with E-state index in [1.54, 1.807) is 29.2 Å². The van der Waals surface area contributed by atoms with Crippen molar-refractivity contribution in [1.29, 1.82) is 0 Å². The van der Waals surface area contributed by atoms with Gasteiger partial charge in [0.05, 0.1) is 28.7 Å². The molecule has 0 aromatic carbocycles. The lowest BCUT2D eigenvalue weighted by atomic mass is 10.1. The summed E-state index contributed by atoms with van der Waals surface area (Å²) in [5.41, 5.74) is 2.56. The molecule has 3 aromatic heterocycles. The quantitative estimate of drug-likeness (QED) is 0.692. The van der Waals surface area contributed by atoms with E-state index in [0.717, 1.165) is 18.7 Å². The lowest BCUT2D eigenvalue weighted by Crippen LogP contribution is -2.47. The first-order chi connectivity index (χ1) is 13.5. The Morgan fingerprint density at radius 1 is 1.18 bits per heavy atom. The Morgan fingerprint density at radius 2 is 1.96 bits per heavy atom. The second kappa shape index (κ2) is 7.52. The van der Waals surface area contributed by atoms with Crippen molar-refractivity contribution in [3.05, 3.63) is 70.0 Å². The molecule has 1 amide bonds. The van der Waals surface area contributed by atoms with Gasteiger partial charge < -0.3 is 14.4 Å². The molecule has 3 aromatic rings. The lowest BCUT2D eigenvalue weighted by molar-refractivity contribution is 0.0663. The maximum atomic E-state index is 13.0. The molecule has 28 heavy (non-hydrogen) atoms. The summed E-state index contributed by atoms with van der Waals surface area (Å²) in [4.78, 5) is 38.7. The fourth-order valence-electron chi connectivity index (χ4n) is 3.51. The highest BCUT2D eigenvalue weighted by atomic mass is 16.2. The molecule has 144 valence electrons. The molecule has 0 atom stereocenters. The number of aromatic nitrogens is 3. The van der Waals surface area contributed by atoms with Crippen LogP contribution in [-0.2, 0) is 6.54 Å². The van der Waals surface area contributed by atoms with Crippen molar-refractivity contribution in [2.45, 2.75) is 13.5 Å². The number of carbonyl (C=O) groups excluding carboxylic acids is 1. The maximum absolute atomic E-state index is 13.0. The highest BCUT2D eigenvalue weighted by molar-refractivity contribution is 5.98. The summed E-state index contributed by atoms with van der Waals surface area (Å²) in [7, 11) is 2.05. The van der Waals surface area contributed by atoms with E-state index >= 15 is 0 Å². The van der Waals surface area contributed by atoms with Crippen LogP contribution < -0.4 is 5.56 Å². The average molecular weight is 377 g/mol. The Hall–Kier alpha value is -3.06. The summed E-state index contributed by atoms with van der Waals surface area (Å²) in [5.74, 6) is -0.0536. The highest BCUT2D eigenvalue weighted by Crippen LogP contribution is 2.17. The van der Waals surface area contributed by atoms with Gasteiger partial charge in [-0.25, -0.2) is 0 Å². The summed E-state index contributed by atoms with van der Waals surface area (Å²) < 4.78 is 1.63. The number of carbonyl (C=O) groups is 1. The van der Waals surface area contributed by atoms with Gasteiger partial charge in [-0.05, 0) is 37.7 Å². The summed E-state index contributed by atoms with van der Waals surface area (Å²) in [6, 6.07) is 7.31. The van der Waals surface area contributed by atoms with Crippen LogP contribution in [0.1, 0.15) is 21.6 Å². The normalized spacial score (nSPS) is 15.1. The predicted molar refractivity (Wildman–Crippen MR) is 107 cm³/mol. The van der Waals surface area contributed by atoms with Crippen LogP contribution in [0, 0.1) is 6.92 Å². The topological polar surface area (TPSA) is 71.3 Å². The fraction of sp³-hybridized carbons (Fsp3) is 0.333. The zero-order valence-electron chi connectivity index (χ0n) is 16.1. The van der Waals surface area contributed by atoms with Gasteiger partial charge in [0.25, 0.3) is 11.5 Å². The molecule has 7 nitrogen and oxygen atoms in total. The predicted octanol–water partition coefficient (Wildman–Crippen LogP) is 1.54. The van der Waals surface area contributed by atoms with Crippen LogP contribution in [0.3, 0.4) is 0 Å². The van der Waals surface area contributed by atoms with Crippen LogP contribution in [0.2, 0.25) is 0 Å². The number of piperazine rings is 1. The summed E-state index contributed by atoms with van der Waals surface area (Å²) in [6.07, 6.45) is 5.19. The molecular weight excluding hydrogens is 354 g/mol. The van der Waals surface area contributed by atoms with Crippen molar-refractivity contribution < 1.29 is 4.79 Å². The van der Waals surface area contributed by atoms with Crippen molar-refractivity contribution >= 4 is 16.8 Å². The molecule has 1 aliphatic heterocycles. The highest BCUT2D eigenvalue weighted by Gasteiger charge is 2.23. The van der Waals surface area contributed by atoms with E-state index in [2.05, 4.69) is 21.9 Å². The summed E-state index contributed by atoms with van der Waals surface area (Å²) in [6.45, 7) is 5.33. The van der Waals surface area contributed by atoms with Crippen molar-refractivity contribution in [3.8, 4) is 0 Å². The van der Waals surface area contributed by atoms with Gasteiger partial charge in [-0.1, -0.05) is 6.07 Å². The third-order valence-electron chi connectivity index (χ3n) is 5.24. The van der Waals surface area contributed by atoms with Crippen molar-refractivity contribution in [3.63, 3.8) is 0 Å². The van der Waals surface area contributed by atoms with Gasteiger partial charge in [-0.15, -0.1) is 0 Å². The number of hydrogen-bond acceptors (Lipinski definition) is 5. The number of amides is 1. The van der Waals surface area contributed by atoms with Crippen molar-refractivity contribution in [2.24, 2.45) is 0 Å². The molecule has 1 saturated heterocycles. The Bertz CT molecular complexity index is 1070. The van der Waals surface area contributed by atoms with Crippen LogP contribution in [0.25, 0.3) is 10.9 Å². The molecule has 7 heteroatoms.